The van der Waals surface area contributed by atoms with Gasteiger partial charge < -0.3 is 25.4 Å². The number of carbonyl (C=O) groups is 1. The predicted molar refractivity (Wildman–Crippen MR) is 80.7 cm³/mol. The summed E-state index contributed by atoms with van der Waals surface area (Å²) in [5.41, 5.74) is 5.93. The number of nitrogens with two attached hydrogens (primary N) is 1. The molecule has 116 valence electrons. The second-order valence-electron chi connectivity index (χ2n) is 5.29. The average Bonchev–Trinajstić information content (AvgIpc) is 3.13. The third-order valence-corrected chi connectivity index (χ3v) is 5.09. The standard InChI is InChI=1S/C13H20N4O3S/c14-11-10(12(19)17-3-1-2-9(17)8-18)21-13(15-11)16-4-6-20-7-5-16/h9,18H,1-8,14H2. The first kappa shape index (κ1) is 14.6. The number of likely N-dealkylation sites (tertiary alicyclic amines) is 1. The number of aliphatic hydroxyl groups excluding tert-OH is 1. The number of hydrogen-bond donors (Lipinski definition) is 2. The smallest absolute Gasteiger partial charge is 0.268 e. The molecular formula is C13H20N4O3S. The van der Waals surface area contributed by atoms with E-state index < -0.39 is 0 Å². The molecule has 1 amide bonds. The Balaban J connectivity index is 1.78. The zero-order valence-corrected chi connectivity index (χ0v) is 12.6. The van der Waals surface area contributed by atoms with Crippen LogP contribution in [0.15, 0.2) is 0 Å². The molecule has 7 nitrogen and oxygen atoms in total. The molecule has 8 heteroatoms. The first-order chi connectivity index (χ1) is 10.2. The van der Waals surface area contributed by atoms with Crippen LogP contribution in [0.25, 0.3) is 0 Å². The largest absolute Gasteiger partial charge is 0.394 e. The molecule has 0 bridgehead atoms. The van der Waals surface area contributed by atoms with Crippen LogP contribution >= 0.6 is 11.3 Å². The number of thiazole rings is 1. The molecule has 0 spiro atoms. The van der Waals surface area contributed by atoms with E-state index in [4.69, 9.17) is 10.5 Å². The summed E-state index contributed by atoms with van der Waals surface area (Å²) >= 11 is 1.33. The summed E-state index contributed by atoms with van der Waals surface area (Å²) in [7, 11) is 0. The van der Waals surface area contributed by atoms with Gasteiger partial charge in [-0.2, -0.15) is 0 Å². The Morgan fingerprint density at radius 2 is 2.19 bits per heavy atom. The molecule has 3 rings (SSSR count). The van der Waals surface area contributed by atoms with Crippen molar-refractivity contribution in [2.75, 3.05) is 50.1 Å². The monoisotopic (exact) mass is 312 g/mol. The fourth-order valence-electron chi connectivity index (χ4n) is 2.79. The molecular weight excluding hydrogens is 292 g/mol. The highest BCUT2D eigenvalue weighted by atomic mass is 32.1. The lowest BCUT2D eigenvalue weighted by Gasteiger charge is -2.26. The van der Waals surface area contributed by atoms with E-state index >= 15 is 0 Å². The van der Waals surface area contributed by atoms with Crippen molar-refractivity contribution < 1.29 is 14.6 Å². The van der Waals surface area contributed by atoms with E-state index in [0.717, 1.165) is 31.1 Å². The fourth-order valence-corrected chi connectivity index (χ4v) is 3.78. The van der Waals surface area contributed by atoms with Crippen LogP contribution in [0, 0.1) is 0 Å². The van der Waals surface area contributed by atoms with E-state index in [1.165, 1.54) is 11.3 Å². The number of nitrogen functional groups attached to an aromatic ring is 1. The zero-order valence-electron chi connectivity index (χ0n) is 11.8. The first-order valence-electron chi connectivity index (χ1n) is 7.21. The minimum atomic E-state index is -0.110. The van der Waals surface area contributed by atoms with Gasteiger partial charge in [0.2, 0.25) is 0 Å². The Bertz CT molecular complexity index is 516. The van der Waals surface area contributed by atoms with Gasteiger partial charge in [0.1, 0.15) is 10.7 Å². The number of amides is 1. The van der Waals surface area contributed by atoms with Crippen LogP contribution in [0.1, 0.15) is 22.5 Å². The molecule has 2 aliphatic rings. The topological polar surface area (TPSA) is 91.9 Å². The summed E-state index contributed by atoms with van der Waals surface area (Å²) in [6, 6.07) is -0.0918. The number of ether oxygens (including phenoxy) is 1. The number of anilines is 2. The van der Waals surface area contributed by atoms with Gasteiger partial charge in [-0.3, -0.25) is 4.79 Å². The zero-order chi connectivity index (χ0) is 14.8. The minimum absolute atomic E-state index is 0.000763. The third-order valence-electron chi connectivity index (χ3n) is 3.97. The van der Waals surface area contributed by atoms with Gasteiger partial charge in [-0.1, -0.05) is 11.3 Å². The van der Waals surface area contributed by atoms with Crippen molar-refractivity contribution in [3.63, 3.8) is 0 Å². The number of hydrogen-bond acceptors (Lipinski definition) is 7. The molecule has 1 aromatic heterocycles. The Morgan fingerprint density at radius 1 is 1.43 bits per heavy atom. The molecule has 1 atom stereocenters. The Kier molecular flexibility index (Phi) is 4.27. The van der Waals surface area contributed by atoms with Crippen LogP contribution < -0.4 is 10.6 Å². The van der Waals surface area contributed by atoms with Crippen molar-refractivity contribution in [1.29, 1.82) is 0 Å². The van der Waals surface area contributed by atoms with Gasteiger partial charge in [-0.05, 0) is 12.8 Å². The van der Waals surface area contributed by atoms with Gasteiger partial charge in [0.05, 0.1) is 25.9 Å². The van der Waals surface area contributed by atoms with Crippen LogP contribution in [0.5, 0.6) is 0 Å². The maximum atomic E-state index is 12.6. The van der Waals surface area contributed by atoms with E-state index in [1.807, 2.05) is 0 Å². The molecule has 0 aromatic carbocycles. The molecule has 2 fully saturated rings. The summed E-state index contributed by atoms with van der Waals surface area (Å²) in [6.45, 7) is 3.55. The van der Waals surface area contributed by atoms with E-state index in [-0.39, 0.29) is 24.4 Å². The van der Waals surface area contributed by atoms with Gasteiger partial charge in [0.25, 0.3) is 5.91 Å². The maximum Gasteiger partial charge on any atom is 0.268 e. The van der Waals surface area contributed by atoms with E-state index in [1.54, 1.807) is 4.90 Å². The van der Waals surface area contributed by atoms with Crippen molar-refractivity contribution in [2.24, 2.45) is 0 Å². The van der Waals surface area contributed by atoms with E-state index in [0.29, 0.717) is 24.6 Å². The number of aromatic nitrogens is 1. The van der Waals surface area contributed by atoms with Crippen molar-refractivity contribution in [3.8, 4) is 0 Å². The third kappa shape index (κ3) is 2.83. The van der Waals surface area contributed by atoms with E-state index in [2.05, 4.69) is 9.88 Å². The summed E-state index contributed by atoms with van der Waals surface area (Å²) in [4.78, 5) is 21.2. The van der Waals surface area contributed by atoms with Crippen LogP contribution in [0.3, 0.4) is 0 Å². The van der Waals surface area contributed by atoms with Crippen molar-refractivity contribution >= 4 is 28.2 Å². The molecule has 0 aliphatic carbocycles. The van der Waals surface area contributed by atoms with E-state index in [9.17, 15) is 9.90 Å². The summed E-state index contributed by atoms with van der Waals surface area (Å²) in [6.07, 6.45) is 1.77. The van der Waals surface area contributed by atoms with Crippen LogP contribution in [0.2, 0.25) is 0 Å². The normalized spacial score (nSPS) is 22.8. The number of carbonyl (C=O) groups excluding carboxylic acids is 1. The van der Waals surface area contributed by atoms with Crippen molar-refractivity contribution in [1.82, 2.24) is 9.88 Å². The summed E-state index contributed by atoms with van der Waals surface area (Å²) in [5.74, 6) is 0.177. The van der Waals surface area contributed by atoms with Gasteiger partial charge in [0, 0.05) is 19.6 Å². The Morgan fingerprint density at radius 3 is 2.90 bits per heavy atom. The lowest BCUT2D eigenvalue weighted by Crippen LogP contribution is -2.37. The molecule has 2 saturated heterocycles. The molecule has 0 radical (unpaired) electrons. The highest BCUT2D eigenvalue weighted by Crippen LogP contribution is 2.31. The quantitative estimate of drug-likeness (QED) is 0.826. The minimum Gasteiger partial charge on any atom is -0.394 e. The maximum absolute atomic E-state index is 12.6. The highest BCUT2D eigenvalue weighted by Gasteiger charge is 2.32. The lowest BCUT2D eigenvalue weighted by molar-refractivity contribution is 0.0683. The molecule has 0 saturated carbocycles. The SMILES string of the molecule is Nc1nc(N2CCOCC2)sc1C(=O)N1CCCC1CO. The molecule has 3 N–H and O–H groups in total. The van der Waals surface area contributed by atoms with Crippen molar-refractivity contribution in [2.45, 2.75) is 18.9 Å². The fraction of sp³-hybridized carbons (Fsp3) is 0.692. The first-order valence-corrected chi connectivity index (χ1v) is 8.03. The van der Waals surface area contributed by atoms with Crippen LogP contribution in [-0.2, 0) is 4.74 Å². The second kappa shape index (κ2) is 6.17. The Hall–Kier alpha value is -1.38. The highest BCUT2D eigenvalue weighted by molar-refractivity contribution is 7.18. The number of aliphatic hydroxyl groups is 1. The van der Waals surface area contributed by atoms with Gasteiger partial charge >= 0.3 is 0 Å². The van der Waals surface area contributed by atoms with Crippen molar-refractivity contribution in [3.05, 3.63) is 4.88 Å². The predicted octanol–water partition coefficient (Wildman–Crippen LogP) is 0.159. The van der Waals surface area contributed by atoms with Gasteiger partial charge in [0.15, 0.2) is 5.13 Å². The van der Waals surface area contributed by atoms with Crippen LogP contribution in [-0.4, -0.2) is 66.4 Å². The lowest BCUT2D eigenvalue weighted by atomic mass is 10.2. The molecule has 1 aromatic rings. The molecule has 2 aliphatic heterocycles. The second-order valence-corrected chi connectivity index (χ2v) is 6.26. The molecule has 1 unspecified atom stereocenters. The number of rotatable bonds is 3. The van der Waals surface area contributed by atoms with Gasteiger partial charge in [-0.25, -0.2) is 4.98 Å². The Labute approximate surface area is 127 Å². The van der Waals surface area contributed by atoms with Crippen LogP contribution in [0.4, 0.5) is 10.9 Å². The molecule has 21 heavy (non-hydrogen) atoms. The number of morpholine rings is 1. The molecule has 3 heterocycles. The summed E-state index contributed by atoms with van der Waals surface area (Å²) in [5, 5.41) is 10.1. The number of nitrogens with zero attached hydrogens (tertiary/aromatic N) is 3. The van der Waals surface area contributed by atoms with Gasteiger partial charge in [-0.15, -0.1) is 0 Å². The average molecular weight is 312 g/mol. The summed E-state index contributed by atoms with van der Waals surface area (Å²) < 4.78 is 5.32.